The molecule has 48 heavy (non-hydrogen) atoms. The Hall–Kier alpha value is -5.44. The number of carbonyl (C=O) groups excluding carboxylic acids is 6. The van der Waals surface area contributed by atoms with Crippen molar-refractivity contribution in [3.63, 3.8) is 0 Å². The number of methoxy groups -OCH3 is 2. The van der Waals surface area contributed by atoms with E-state index >= 15 is 0 Å². The average molecular weight is 673 g/mol. The van der Waals surface area contributed by atoms with Crippen LogP contribution in [0.3, 0.4) is 0 Å². The topological polar surface area (TPSA) is 196 Å². The van der Waals surface area contributed by atoms with Gasteiger partial charge >= 0.3 is 29.8 Å². The lowest BCUT2D eigenvalue weighted by atomic mass is 9.88. The molecule has 15 heteroatoms. The lowest BCUT2D eigenvalue weighted by molar-refractivity contribution is -0.254. The number of phenols is 1. The van der Waals surface area contributed by atoms with Gasteiger partial charge in [-0.2, -0.15) is 0 Å². The van der Waals surface area contributed by atoms with Crippen LogP contribution in [-0.4, -0.2) is 86.0 Å². The third-order valence-corrected chi connectivity index (χ3v) is 6.78. The highest BCUT2D eigenvalue weighted by Crippen LogP contribution is 2.48. The molecule has 1 heterocycles. The second kappa shape index (κ2) is 16.4. The summed E-state index contributed by atoms with van der Waals surface area (Å²) in [6, 6.07) is 7.35. The third-order valence-electron chi connectivity index (χ3n) is 6.78. The van der Waals surface area contributed by atoms with Gasteiger partial charge in [-0.1, -0.05) is 18.2 Å². The Kier molecular flexibility index (Phi) is 12.7. The van der Waals surface area contributed by atoms with Gasteiger partial charge in [0, 0.05) is 40.7 Å². The minimum Gasteiger partial charge on any atom is -0.507 e. The van der Waals surface area contributed by atoms with E-state index < -0.39 is 78.5 Å². The second-order valence-electron chi connectivity index (χ2n) is 10.4. The van der Waals surface area contributed by atoms with E-state index in [4.69, 9.17) is 37.9 Å². The molecule has 0 radical (unpaired) electrons. The van der Waals surface area contributed by atoms with Crippen LogP contribution in [0.25, 0.3) is 6.08 Å². The predicted molar refractivity (Wildman–Crippen MR) is 163 cm³/mol. The summed E-state index contributed by atoms with van der Waals surface area (Å²) < 4.78 is 44.1. The SMILES string of the molecule is COc1cc(O)c(C(=O)/C=C/c2ccc(OC(C)=O)cc2)c(OC)c1[C@@H]1O[C@H](COC(C)=O)[C@@H](OC(C)=O)[C@H](OC(C)=O)[C@H]1OC(C)=O. The molecule has 2 aromatic rings. The van der Waals surface area contributed by atoms with E-state index in [1.54, 1.807) is 12.1 Å². The van der Waals surface area contributed by atoms with Gasteiger partial charge in [-0.05, 0) is 23.8 Å². The molecule has 0 aliphatic carbocycles. The van der Waals surface area contributed by atoms with Crippen LogP contribution in [0.5, 0.6) is 23.0 Å². The van der Waals surface area contributed by atoms with E-state index in [1.807, 2.05) is 0 Å². The summed E-state index contributed by atoms with van der Waals surface area (Å²) in [5, 5.41) is 11.0. The smallest absolute Gasteiger partial charge is 0.308 e. The first-order valence-corrected chi connectivity index (χ1v) is 14.5. The minimum atomic E-state index is -1.55. The fourth-order valence-corrected chi connectivity index (χ4v) is 5.05. The Bertz CT molecular complexity index is 1580. The number of hydrogen-bond acceptors (Lipinski definition) is 15. The molecule has 1 fully saturated rings. The standard InChI is InChI=1S/C33H36O15/c1-16(34)43-15-26-29(45-18(3)36)32(46-19(4)37)33(47-20(5)38)31(48-26)28-25(41-6)14-24(40)27(30(28)42-7)23(39)13-10-21-8-11-22(12-9-21)44-17(2)35/h8-14,26,29,31-33,40H,15H2,1-7H3/b13-10+/t26-,29-,31+,32+,33+/m1/s1. The first-order valence-electron chi connectivity index (χ1n) is 14.5. The van der Waals surface area contributed by atoms with Gasteiger partial charge in [0.2, 0.25) is 0 Å². The van der Waals surface area contributed by atoms with Crippen molar-refractivity contribution in [3.05, 3.63) is 53.1 Å². The quantitative estimate of drug-likeness (QED) is 0.113. The maximum Gasteiger partial charge on any atom is 0.308 e. The number of ether oxygens (including phenoxy) is 8. The summed E-state index contributed by atoms with van der Waals surface area (Å²) in [6.07, 6.45) is -4.70. The molecular formula is C33H36O15. The minimum absolute atomic E-state index is 0.0576. The zero-order valence-corrected chi connectivity index (χ0v) is 27.3. The molecule has 0 spiro atoms. The number of rotatable bonds is 12. The van der Waals surface area contributed by atoms with Gasteiger partial charge in [0.1, 0.15) is 47.4 Å². The Labute approximate surface area is 275 Å². The fourth-order valence-electron chi connectivity index (χ4n) is 5.05. The summed E-state index contributed by atoms with van der Waals surface area (Å²) >= 11 is 0. The number of hydrogen-bond donors (Lipinski definition) is 1. The van der Waals surface area contributed by atoms with Gasteiger partial charge < -0.3 is 43.0 Å². The van der Waals surface area contributed by atoms with Gasteiger partial charge in [-0.25, -0.2) is 0 Å². The van der Waals surface area contributed by atoms with Crippen LogP contribution in [-0.2, 0) is 47.7 Å². The summed E-state index contributed by atoms with van der Waals surface area (Å²) in [7, 11) is 2.46. The molecule has 0 saturated carbocycles. The highest BCUT2D eigenvalue weighted by molar-refractivity contribution is 6.11. The number of benzene rings is 2. The van der Waals surface area contributed by atoms with Gasteiger partial charge in [0.05, 0.1) is 19.8 Å². The van der Waals surface area contributed by atoms with E-state index in [0.29, 0.717) is 11.3 Å². The van der Waals surface area contributed by atoms with Crippen molar-refractivity contribution in [1.82, 2.24) is 0 Å². The maximum absolute atomic E-state index is 13.6. The highest BCUT2D eigenvalue weighted by atomic mass is 16.7. The van der Waals surface area contributed by atoms with Crippen LogP contribution in [0.1, 0.15) is 62.2 Å². The number of ketones is 1. The summed E-state index contributed by atoms with van der Waals surface area (Å²) in [5.74, 6) is -5.02. The molecule has 0 aromatic heterocycles. The molecule has 1 N–H and O–H groups in total. The Morgan fingerprint density at radius 2 is 1.35 bits per heavy atom. The molecule has 1 aliphatic heterocycles. The molecular weight excluding hydrogens is 636 g/mol. The Morgan fingerprint density at radius 3 is 1.88 bits per heavy atom. The normalized spacial score (nSPS) is 20.3. The molecule has 15 nitrogen and oxygen atoms in total. The molecule has 258 valence electrons. The predicted octanol–water partition coefficient (Wildman–Crippen LogP) is 3.03. The summed E-state index contributed by atoms with van der Waals surface area (Å²) in [4.78, 5) is 73.4. The Balaban J connectivity index is 2.21. The van der Waals surface area contributed by atoms with Gasteiger partial charge in [-0.3, -0.25) is 28.8 Å². The van der Waals surface area contributed by atoms with Crippen LogP contribution in [0, 0.1) is 0 Å². The lowest BCUT2D eigenvalue weighted by Gasteiger charge is -2.45. The number of esters is 5. The highest BCUT2D eigenvalue weighted by Gasteiger charge is 2.54. The van der Waals surface area contributed by atoms with Gasteiger partial charge in [-0.15, -0.1) is 0 Å². The number of allylic oxidation sites excluding steroid dienone is 1. The van der Waals surface area contributed by atoms with Gasteiger partial charge in [0.25, 0.3) is 0 Å². The van der Waals surface area contributed by atoms with Gasteiger partial charge in [0.15, 0.2) is 24.1 Å². The molecule has 1 saturated heterocycles. The van der Waals surface area contributed by atoms with Crippen molar-refractivity contribution >= 4 is 41.7 Å². The zero-order chi connectivity index (χ0) is 35.7. The third kappa shape index (κ3) is 9.31. The number of carbonyl (C=O) groups is 6. The van der Waals surface area contributed by atoms with Crippen LogP contribution >= 0.6 is 0 Å². The Morgan fingerprint density at radius 1 is 0.771 bits per heavy atom. The largest absolute Gasteiger partial charge is 0.507 e. The van der Waals surface area contributed by atoms with Crippen molar-refractivity contribution in [2.75, 3.05) is 20.8 Å². The molecule has 5 atom stereocenters. The van der Waals surface area contributed by atoms with Crippen molar-refractivity contribution in [2.45, 2.75) is 65.1 Å². The van der Waals surface area contributed by atoms with E-state index in [2.05, 4.69) is 0 Å². The zero-order valence-electron chi connectivity index (χ0n) is 27.3. The average Bonchev–Trinajstić information content (AvgIpc) is 3.00. The first kappa shape index (κ1) is 37.0. The molecule has 1 aliphatic rings. The van der Waals surface area contributed by atoms with Crippen molar-refractivity contribution in [3.8, 4) is 23.0 Å². The van der Waals surface area contributed by atoms with Crippen LogP contribution < -0.4 is 14.2 Å². The van der Waals surface area contributed by atoms with E-state index in [0.717, 1.165) is 39.8 Å². The van der Waals surface area contributed by atoms with Crippen molar-refractivity contribution in [2.24, 2.45) is 0 Å². The van der Waals surface area contributed by atoms with Crippen LogP contribution in [0.15, 0.2) is 36.4 Å². The van der Waals surface area contributed by atoms with E-state index in [1.165, 1.54) is 39.4 Å². The van der Waals surface area contributed by atoms with Crippen molar-refractivity contribution in [1.29, 1.82) is 0 Å². The molecule has 2 aromatic carbocycles. The monoisotopic (exact) mass is 672 g/mol. The lowest BCUT2D eigenvalue weighted by Crippen LogP contribution is -2.59. The molecule has 0 amide bonds. The second-order valence-corrected chi connectivity index (χ2v) is 10.4. The molecule has 3 rings (SSSR count). The summed E-state index contributed by atoms with van der Waals surface area (Å²) in [5.41, 5.74) is 0.151. The fraction of sp³-hybridized carbons (Fsp3) is 0.394. The van der Waals surface area contributed by atoms with Crippen LogP contribution in [0.2, 0.25) is 0 Å². The molecule has 0 bridgehead atoms. The maximum atomic E-state index is 13.6. The number of phenolic OH excluding ortho intramolecular Hbond substituents is 1. The van der Waals surface area contributed by atoms with E-state index in [-0.39, 0.29) is 22.6 Å². The van der Waals surface area contributed by atoms with Crippen LogP contribution in [0.4, 0.5) is 0 Å². The molecule has 0 unspecified atom stereocenters. The van der Waals surface area contributed by atoms with E-state index in [9.17, 15) is 33.9 Å². The van der Waals surface area contributed by atoms with Crippen molar-refractivity contribution < 1.29 is 71.8 Å². The number of aromatic hydroxyl groups is 1. The first-order chi connectivity index (χ1) is 22.7. The summed E-state index contributed by atoms with van der Waals surface area (Å²) in [6.45, 7) is 5.15.